The molecule has 5 nitrogen and oxygen atoms in total. The summed E-state index contributed by atoms with van der Waals surface area (Å²) in [5.74, 6) is -1.28. The fraction of sp³-hybridized carbons (Fsp3) is 0.143. The zero-order valence-electron chi connectivity index (χ0n) is 10.9. The quantitative estimate of drug-likeness (QED) is 0.839. The molecule has 20 heavy (non-hydrogen) atoms. The van der Waals surface area contributed by atoms with Crippen LogP contribution in [0.15, 0.2) is 41.3 Å². The highest BCUT2D eigenvalue weighted by Gasteiger charge is 2.12. The number of amides is 1. The number of rotatable bonds is 3. The number of nitrogens with one attached hydrogen (secondary N) is 1. The molecule has 0 aliphatic carbocycles. The molecule has 1 aromatic heterocycles. The zero-order valence-corrected chi connectivity index (χ0v) is 10.9. The summed E-state index contributed by atoms with van der Waals surface area (Å²) in [5.41, 5.74) is 5.83. The van der Waals surface area contributed by atoms with Crippen molar-refractivity contribution < 1.29 is 9.18 Å². The summed E-state index contributed by atoms with van der Waals surface area (Å²) >= 11 is 0. The fourth-order valence-electron chi connectivity index (χ4n) is 1.77. The van der Waals surface area contributed by atoms with Crippen LogP contribution >= 0.6 is 0 Å². The number of aromatic nitrogens is 1. The second kappa shape index (κ2) is 5.56. The second-order valence-corrected chi connectivity index (χ2v) is 4.24. The maximum atomic E-state index is 13.6. The number of carbonyl (C=O) groups excluding carboxylic acids is 1. The number of nitrogens with two attached hydrogens (primary N) is 1. The van der Waals surface area contributed by atoms with E-state index in [1.165, 1.54) is 35.0 Å². The molecule has 1 heterocycles. The molecule has 0 bridgehead atoms. The second-order valence-electron chi connectivity index (χ2n) is 4.24. The molecule has 1 amide bonds. The van der Waals surface area contributed by atoms with Crippen molar-refractivity contribution in [3.8, 4) is 0 Å². The van der Waals surface area contributed by atoms with Gasteiger partial charge in [-0.3, -0.25) is 9.59 Å². The lowest BCUT2D eigenvalue weighted by Gasteiger charge is -2.08. The molecular weight excluding hydrogens is 261 g/mol. The molecule has 0 atom stereocenters. The molecule has 1 aromatic carbocycles. The zero-order chi connectivity index (χ0) is 14.7. The lowest BCUT2D eigenvalue weighted by Crippen LogP contribution is -2.20. The molecule has 2 rings (SSSR count). The molecule has 3 N–H and O–H groups in total. The van der Waals surface area contributed by atoms with Crippen molar-refractivity contribution in [2.45, 2.75) is 13.5 Å². The van der Waals surface area contributed by atoms with Crippen LogP contribution in [0.4, 0.5) is 15.8 Å². The Labute approximate surface area is 114 Å². The van der Waals surface area contributed by atoms with E-state index in [0.717, 1.165) is 6.07 Å². The van der Waals surface area contributed by atoms with Crippen molar-refractivity contribution in [1.82, 2.24) is 4.57 Å². The van der Waals surface area contributed by atoms with Crippen molar-refractivity contribution >= 4 is 17.3 Å². The Morgan fingerprint density at radius 2 is 2.10 bits per heavy atom. The molecule has 0 aliphatic rings. The van der Waals surface area contributed by atoms with Crippen LogP contribution in [0.5, 0.6) is 0 Å². The van der Waals surface area contributed by atoms with Crippen LogP contribution in [-0.2, 0) is 6.54 Å². The van der Waals surface area contributed by atoms with Crippen LogP contribution in [0, 0.1) is 5.82 Å². The molecule has 0 saturated carbocycles. The van der Waals surface area contributed by atoms with Crippen LogP contribution in [0.2, 0.25) is 0 Å². The van der Waals surface area contributed by atoms with Gasteiger partial charge in [0.05, 0.1) is 11.3 Å². The predicted molar refractivity (Wildman–Crippen MR) is 75.1 cm³/mol. The first-order valence-corrected chi connectivity index (χ1v) is 6.08. The summed E-state index contributed by atoms with van der Waals surface area (Å²) in [6, 6.07) is 6.67. The Morgan fingerprint density at radius 1 is 1.35 bits per heavy atom. The summed E-state index contributed by atoms with van der Waals surface area (Å²) < 4.78 is 15.1. The van der Waals surface area contributed by atoms with E-state index < -0.39 is 11.7 Å². The van der Waals surface area contributed by atoms with Crippen LogP contribution in [0.25, 0.3) is 0 Å². The number of anilines is 2. The highest BCUT2D eigenvalue weighted by Crippen LogP contribution is 2.14. The number of pyridine rings is 1. The monoisotopic (exact) mass is 275 g/mol. The van der Waals surface area contributed by atoms with Gasteiger partial charge in [-0.25, -0.2) is 4.39 Å². The first-order chi connectivity index (χ1) is 9.51. The lowest BCUT2D eigenvalue weighted by molar-refractivity contribution is 0.102. The van der Waals surface area contributed by atoms with Gasteiger partial charge in [0.1, 0.15) is 5.82 Å². The van der Waals surface area contributed by atoms with Gasteiger partial charge < -0.3 is 15.6 Å². The minimum Gasteiger partial charge on any atom is -0.399 e. The molecule has 0 radical (unpaired) electrons. The molecule has 2 aromatic rings. The highest BCUT2D eigenvalue weighted by molar-refractivity contribution is 6.04. The molecule has 0 fully saturated rings. The van der Waals surface area contributed by atoms with Gasteiger partial charge in [0.25, 0.3) is 11.5 Å². The Balaban J connectivity index is 2.25. The van der Waals surface area contributed by atoms with Crippen molar-refractivity contribution in [3.05, 3.63) is 58.3 Å². The summed E-state index contributed by atoms with van der Waals surface area (Å²) in [6.07, 6.45) is 1.51. The maximum Gasteiger partial charge on any atom is 0.258 e. The number of halogens is 1. The molecule has 104 valence electrons. The van der Waals surface area contributed by atoms with Gasteiger partial charge in [-0.1, -0.05) is 0 Å². The van der Waals surface area contributed by atoms with Gasteiger partial charge in [0.15, 0.2) is 0 Å². The van der Waals surface area contributed by atoms with Gasteiger partial charge in [-0.2, -0.15) is 0 Å². The van der Waals surface area contributed by atoms with Gasteiger partial charge in [-0.05, 0) is 31.2 Å². The first kappa shape index (κ1) is 13.8. The fourth-order valence-corrected chi connectivity index (χ4v) is 1.77. The van der Waals surface area contributed by atoms with Crippen LogP contribution in [0.1, 0.15) is 17.3 Å². The predicted octanol–water partition coefficient (Wildman–Crippen LogP) is 1.84. The van der Waals surface area contributed by atoms with Crippen LogP contribution < -0.4 is 16.6 Å². The number of nitrogen functional groups attached to an aromatic ring is 1. The van der Waals surface area contributed by atoms with Crippen molar-refractivity contribution in [1.29, 1.82) is 0 Å². The Bertz CT molecular complexity index is 710. The summed E-state index contributed by atoms with van der Waals surface area (Å²) in [4.78, 5) is 23.4. The van der Waals surface area contributed by atoms with E-state index in [1.54, 1.807) is 0 Å². The number of hydrogen-bond donors (Lipinski definition) is 2. The number of hydrogen-bond acceptors (Lipinski definition) is 3. The third kappa shape index (κ3) is 2.85. The Morgan fingerprint density at radius 3 is 2.75 bits per heavy atom. The third-order valence-corrected chi connectivity index (χ3v) is 2.82. The van der Waals surface area contributed by atoms with E-state index >= 15 is 0 Å². The minimum absolute atomic E-state index is 0.103. The van der Waals surface area contributed by atoms with Crippen molar-refractivity contribution in [3.63, 3.8) is 0 Å². The van der Waals surface area contributed by atoms with Crippen molar-refractivity contribution in [2.75, 3.05) is 11.1 Å². The lowest BCUT2D eigenvalue weighted by atomic mass is 10.2. The summed E-state index contributed by atoms with van der Waals surface area (Å²) in [6.45, 7) is 2.30. The van der Waals surface area contributed by atoms with E-state index in [1.807, 2.05) is 6.92 Å². The van der Waals surface area contributed by atoms with E-state index in [4.69, 9.17) is 5.73 Å². The van der Waals surface area contributed by atoms with Gasteiger partial charge in [0, 0.05) is 24.5 Å². The average molecular weight is 275 g/mol. The Hall–Kier alpha value is -2.63. The van der Waals surface area contributed by atoms with E-state index in [0.29, 0.717) is 12.2 Å². The van der Waals surface area contributed by atoms with Gasteiger partial charge >= 0.3 is 0 Å². The van der Waals surface area contributed by atoms with E-state index in [-0.39, 0.29) is 16.8 Å². The third-order valence-electron chi connectivity index (χ3n) is 2.82. The smallest absolute Gasteiger partial charge is 0.258 e. The standard InChI is InChI=1S/C14H14FN3O2/c1-2-18-8-10(4-6-13(18)19)17-14(20)11-5-3-9(16)7-12(11)15/h3-8H,2,16H2,1H3,(H,17,20). The molecule has 6 heteroatoms. The Kier molecular flexibility index (Phi) is 3.84. The van der Waals surface area contributed by atoms with Gasteiger partial charge in [-0.15, -0.1) is 0 Å². The number of aryl methyl sites for hydroxylation is 1. The highest BCUT2D eigenvalue weighted by atomic mass is 19.1. The molecule has 0 unspecified atom stereocenters. The van der Waals surface area contributed by atoms with Gasteiger partial charge in [0.2, 0.25) is 0 Å². The normalized spacial score (nSPS) is 10.3. The maximum absolute atomic E-state index is 13.6. The topological polar surface area (TPSA) is 77.1 Å². The van der Waals surface area contributed by atoms with Crippen LogP contribution in [0.3, 0.4) is 0 Å². The molecular formula is C14H14FN3O2. The first-order valence-electron chi connectivity index (χ1n) is 6.08. The average Bonchev–Trinajstić information content (AvgIpc) is 2.40. The van der Waals surface area contributed by atoms with E-state index in [9.17, 15) is 14.0 Å². The largest absolute Gasteiger partial charge is 0.399 e. The number of carbonyl (C=O) groups is 1. The van der Waals surface area contributed by atoms with E-state index in [2.05, 4.69) is 5.32 Å². The molecule has 0 spiro atoms. The SMILES string of the molecule is CCn1cc(NC(=O)c2ccc(N)cc2F)ccc1=O. The number of nitrogens with zero attached hydrogens (tertiary/aromatic N) is 1. The molecule has 0 aliphatic heterocycles. The summed E-state index contributed by atoms with van der Waals surface area (Å²) in [7, 11) is 0. The summed E-state index contributed by atoms with van der Waals surface area (Å²) in [5, 5.41) is 2.54. The van der Waals surface area contributed by atoms with Crippen LogP contribution in [-0.4, -0.2) is 10.5 Å². The minimum atomic E-state index is -0.689. The number of benzene rings is 1. The van der Waals surface area contributed by atoms with Crippen molar-refractivity contribution in [2.24, 2.45) is 0 Å². The molecule has 0 saturated heterocycles.